The maximum Gasteiger partial charge on any atom is 0.132 e. The Labute approximate surface area is 89.9 Å². The number of hydrogen-bond donors (Lipinski definition) is 0. The maximum atomic E-state index is 5.81. The molecule has 1 saturated carbocycles. The Bertz CT molecular complexity index is 294. The summed E-state index contributed by atoms with van der Waals surface area (Å²) in [6, 6.07) is 8.27. The van der Waals surface area contributed by atoms with E-state index >= 15 is 0 Å². The highest BCUT2D eigenvalue weighted by atomic mass is 32.2. The van der Waals surface area contributed by atoms with Gasteiger partial charge in [0.2, 0.25) is 0 Å². The molecule has 1 aromatic rings. The molecular formula is C12H16OS. The number of ether oxygens (including phenoxy) is 1. The molecule has 1 aliphatic carbocycles. The zero-order valence-electron chi connectivity index (χ0n) is 8.53. The molecule has 0 aliphatic heterocycles. The Balaban J connectivity index is 1.93. The molecule has 0 amide bonds. The molecule has 1 fully saturated rings. The van der Waals surface area contributed by atoms with Gasteiger partial charge in [-0.05, 0) is 37.1 Å². The molecule has 0 spiro atoms. The van der Waals surface area contributed by atoms with Gasteiger partial charge in [0.15, 0.2) is 0 Å². The fourth-order valence-corrected chi connectivity index (χ4v) is 2.15. The lowest BCUT2D eigenvalue weighted by Crippen LogP contribution is -2.19. The molecule has 1 aromatic carbocycles. The van der Waals surface area contributed by atoms with E-state index < -0.39 is 0 Å². The van der Waals surface area contributed by atoms with Crippen molar-refractivity contribution in [3.05, 3.63) is 24.3 Å². The molecule has 0 atom stereocenters. The van der Waals surface area contributed by atoms with Crippen LogP contribution in [0.25, 0.3) is 0 Å². The number of benzene rings is 1. The monoisotopic (exact) mass is 208 g/mol. The lowest BCUT2D eigenvalue weighted by Gasteiger charge is -2.25. The molecule has 0 bridgehead atoms. The second-order valence-corrected chi connectivity index (χ2v) is 4.61. The van der Waals surface area contributed by atoms with Crippen molar-refractivity contribution in [2.75, 3.05) is 12.9 Å². The molecule has 14 heavy (non-hydrogen) atoms. The number of rotatable bonds is 4. The van der Waals surface area contributed by atoms with E-state index in [0.29, 0.717) is 0 Å². The summed E-state index contributed by atoms with van der Waals surface area (Å²) in [7, 11) is 0. The molecule has 0 aromatic heterocycles. The van der Waals surface area contributed by atoms with Crippen LogP contribution in [0, 0.1) is 5.92 Å². The topological polar surface area (TPSA) is 9.23 Å². The molecule has 0 N–H and O–H groups in total. The van der Waals surface area contributed by atoms with Crippen molar-refractivity contribution in [1.82, 2.24) is 0 Å². The van der Waals surface area contributed by atoms with Crippen LogP contribution in [0.15, 0.2) is 29.2 Å². The van der Waals surface area contributed by atoms with E-state index in [0.717, 1.165) is 18.3 Å². The van der Waals surface area contributed by atoms with Gasteiger partial charge < -0.3 is 4.74 Å². The largest absolute Gasteiger partial charge is 0.492 e. The Morgan fingerprint density at radius 1 is 1.36 bits per heavy atom. The number of para-hydroxylation sites is 1. The second-order valence-electron chi connectivity index (χ2n) is 3.76. The fourth-order valence-electron chi connectivity index (χ4n) is 1.61. The smallest absolute Gasteiger partial charge is 0.132 e. The van der Waals surface area contributed by atoms with Crippen molar-refractivity contribution in [1.29, 1.82) is 0 Å². The molecule has 0 heterocycles. The molecule has 1 nitrogen and oxygen atoms in total. The first-order chi connectivity index (χ1) is 6.90. The van der Waals surface area contributed by atoms with E-state index in [-0.39, 0.29) is 0 Å². The van der Waals surface area contributed by atoms with Gasteiger partial charge in [0.05, 0.1) is 6.61 Å². The first-order valence-corrected chi connectivity index (χ1v) is 6.38. The van der Waals surface area contributed by atoms with Gasteiger partial charge in [-0.15, -0.1) is 11.8 Å². The predicted octanol–water partition coefficient (Wildman–Crippen LogP) is 3.59. The third-order valence-corrected chi connectivity index (χ3v) is 3.55. The van der Waals surface area contributed by atoms with Crippen LogP contribution in [0.1, 0.15) is 19.3 Å². The van der Waals surface area contributed by atoms with Gasteiger partial charge in [-0.25, -0.2) is 0 Å². The number of thioether (sulfide) groups is 1. The minimum absolute atomic E-state index is 0.810. The van der Waals surface area contributed by atoms with Crippen molar-refractivity contribution in [2.45, 2.75) is 24.2 Å². The minimum atomic E-state index is 0.810. The fraction of sp³-hybridized carbons (Fsp3) is 0.500. The first-order valence-electron chi connectivity index (χ1n) is 5.16. The van der Waals surface area contributed by atoms with Crippen molar-refractivity contribution in [2.24, 2.45) is 5.92 Å². The summed E-state index contributed by atoms with van der Waals surface area (Å²) < 4.78 is 5.81. The van der Waals surface area contributed by atoms with Gasteiger partial charge in [-0.1, -0.05) is 18.6 Å². The van der Waals surface area contributed by atoms with E-state index in [1.165, 1.54) is 24.2 Å². The van der Waals surface area contributed by atoms with Gasteiger partial charge in [0, 0.05) is 4.90 Å². The standard InChI is InChI=1S/C12H16OS/c1-14-12-8-3-2-7-11(12)13-9-10-5-4-6-10/h2-3,7-8,10H,4-6,9H2,1H3. The van der Waals surface area contributed by atoms with Crippen LogP contribution >= 0.6 is 11.8 Å². The van der Waals surface area contributed by atoms with Crippen LogP contribution in [0.5, 0.6) is 5.75 Å². The normalized spacial score (nSPS) is 16.4. The zero-order chi connectivity index (χ0) is 9.80. The van der Waals surface area contributed by atoms with Crippen LogP contribution in [0.3, 0.4) is 0 Å². The van der Waals surface area contributed by atoms with E-state index in [1.807, 2.05) is 6.07 Å². The summed E-state index contributed by atoms with van der Waals surface area (Å²) in [5.41, 5.74) is 0. The Hall–Kier alpha value is -0.630. The second kappa shape index (κ2) is 4.74. The van der Waals surface area contributed by atoms with Crippen molar-refractivity contribution in [3.8, 4) is 5.75 Å². The van der Waals surface area contributed by atoms with E-state index in [9.17, 15) is 0 Å². The first kappa shape index (κ1) is 9.91. The van der Waals surface area contributed by atoms with Gasteiger partial charge >= 0.3 is 0 Å². The molecule has 2 rings (SSSR count). The SMILES string of the molecule is CSc1ccccc1OCC1CCC1. The Morgan fingerprint density at radius 3 is 2.79 bits per heavy atom. The van der Waals surface area contributed by atoms with E-state index in [1.54, 1.807) is 11.8 Å². The minimum Gasteiger partial charge on any atom is -0.492 e. The van der Waals surface area contributed by atoms with Crippen LogP contribution in [0.4, 0.5) is 0 Å². The molecule has 0 saturated heterocycles. The summed E-state index contributed by atoms with van der Waals surface area (Å²) in [6.07, 6.45) is 6.17. The van der Waals surface area contributed by atoms with Gasteiger partial charge in [-0.3, -0.25) is 0 Å². The van der Waals surface area contributed by atoms with Crippen LogP contribution in [-0.2, 0) is 0 Å². The van der Waals surface area contributed by atoms with Crippen LogP contribution in [-0.4, -0.2) is 12.9 Å². The molecule has 0 radical (unpaired) electrons. The Kier molecular flexibility index (Phi) is 3.35. The number of hydrogen-bond acceptors (Lipinski definition) is 2. The highest BCUT2D eigenvalue weighted by Crippen LogP contribution is 2.30. The van der Waals surface area contributed by atoms with E-state index in [4.69, 9.17) is 4.74 Å². The summed E-state index contributed by atoms with van der Waals surface area (Å²) in [4.78, 5) is 1.24. The Morgan fingerprint density at radius 2 is 2.14 bits per heavy atom. The van der Waals surface area contributed by atoms with Crippen LogP contribution in [0.2, 0.25) is 0 Å². The average molecular weight is 208 g/mol. The molecule has 2 heteroatoms. The summed E-state index contributed by atoms with van der Waals surface area (Å²) in [5.74, 6) is 1.86. The van der Waals surface area contributed by atoms with Crippen molar-refractivity contribution < 1.29 is 4.74 Å². The van der Waals surface area contributed by atoms with Crippen LogP contribution < -0.4 is 4.74 Å². The summed E-state index contributed by atoms with van der Waals surface area (Å²) >= 11 is 1.75. The summed E-state index contributed by atoms with van der Waals surface area (Å²) in [5, 5.41) is 0. The highest BCUT2D eigenvalue weighted by molar-refractivity contribution is 7.98. The third kappa shape index (κ3) is 2.24. The lowest BCUT2D eigenvalue weighted by molar-refractivity contribution is 0.177. The van der Waals surface area contributed by atoms with Crippen molar-refractivity contribution >= 4 is 11.8 Å². The van der Waals surface area contributed by atoms with E-state index in [2.05, 4.69) is 24.5 Å². The molecule has 0 unspecified atom stereocenters. The highest BCUT2D eigenvalue weighted by Gasteiger charge is 2.18. The summed E-state index contributed by atoms with van der Waals surface area (Å²) in [6.45, 7) is 0.900. The van der Waals surface area contributed by atoms with Gasteiger partial charge in [0.25, 0.3) is 0 Å². The quantitative estimate of drug-likeness (QED) is 0.699. The molecule has 76 valence electrons. The van der Waals surface area contributed by atoms with Gasteiger partial charge in [-0.2, -0.15) is 0 Å². The average Bonchev–Trinajstić information content (AvgIpc) is 2.16. The molecular weight excluding hydrogens is 192 g/mol. The molecule has 1 aliphatic rings. The van der Waals surface area contributed by atoms with Gasteiger partial charge in [0.1, 0.15) is 5.75 Å². The maximum absolute atomic E-state index is 5.81. The zero-order valence-corrected chi connectivity index (χ0v) is 9.35. The third-order valence-electron chi connectivity index (χ3n) is 2.77. The van der Waals surface area contributed by atoms with Crippen molar-refractivity contribution in [3.63, 3.8) is 0 Å². The lowest BCUT2D eigenvalue weighted by atomic mass is 9.86. The predicted molar refractivity (Wildman–Crippen MR) is 61.1 cm³/mol.